The van der Waals surface area contributed by atoms with Gasteiger partial charge in [0.2, 0.25) is 11.6 Å². The average molecular weight is 823 g/mol. The quantitative estimate of drug-likeness (QED) is 0.0868. The van der Waals surface area contributed by atoms with Gasteiger partial charge in [-0.3, -0.25) is 0 Å². The molecule has 0 atom stereocenters. The van der Waals surface area contributed by atoms with Crippen LogP contribution in [0.4, 0.5) is 40.0 Å². The third-order valence-electron chi connectivity index (χ3n) is 12.2. The first kappa shape index (κ1) is 39.7. The van der Waals surface area contributed by atoms with E-state index >= 15 is 0 Å². The van der Waals surface area contributed by atoms with E-state index in [1.54, 1.807) is 6.20 Å². The Bertz CT molecular complexity index is 3400. The zero-order valence-electron chi connectivity index (χ0n) is 36.9. The van der Waals surface area contributed by atoms with Crippen LogP contribution in [0.15, 0.2) is 172 Å². The maximum Gasteiger partial charge on any atom is 0.227 e. The number of fused-ring (bicyclic) bond motifs is 6. The van der Waals surface area contributed by atoms with E-state index in [0.717, 1.165) is 88.6 Å². The summed E-state index contributed by atoms with van der Waals surface area (Å²) in [5.41, 5.74) is 11.1. The average Bonchev–Trinajstić information content (AvgIpc) is 3.86. The van der Waals surface area contributed by atoms with E-state index in [9.17, 15) is 0 Å². The Morgan fingerprint density at radius 1 is 0.524 bits per heavy atom. The molecule has 0 unspecified atom stereocenters. The molecule has 7 aromatic carbocycles. The molecule has 310 valence electrons. The fraction of sp³-hybridized carbons (Fsp3) is 0.158. The first-order chi connectivity index (χ1) is 30.5. The van der Waals surface area contributed by atoms with E-state index in [0.29, 0.717) is 11.6 Å². The fourth-order valence-electron chi connectivity index (χ4n) is 9.06. The standard InChI is InChI=1S/C57H50N4O2/c1-9-19-44-42-24-16-27-48(52(42)62-54(44)58-8)60(38-20-12-10-13-21-38)50-40-31-29-37(57(5,6)7)35-47(40)51(41-32-30-36(34-46(41)50)56(2,3)4)61(39-22-14-11-15-23-39)49-28-17-25-43-45-26-18-33-59-55(45)63-53(43)49/h9-35H,8H2,1-7H3/b19-9-. The van der Waals surface area contributed by atoms with Gasteiger partial charge in [0, 0.05) is 60.8 Å². The van der Waals surface area contributed by atoms with Crippen molar-refractivity contribution in [3.05, 3.63) is 175 Å². The Labute approximate surface area is 368 Å². The smallest absolute Gasteiger partial charge is 0.227 e. The van der Waals surface area contributed by atoms with Gasteiger partial charge < -0.3 is 18.6 Å². The molecular weight excluding hydrogens is 773 g/mol. The molecule has 0 saturated heterocycles. The van der Waals surface area contributed by atoms with E-state index in [1.807, 2.05) is 25.1 Å². The number of aliphatic imine (C=N–C) groups is 1. The highest BCUT2D eigenvalue weighted by atomic mass is 16.4. The normalized spacial score (nSPS) is 12.4. The van der Waals surface area contributed by atoms with Gasteiger partial charge in [-0.15, -0.1) is 0 Å². The van der Waals surface area contributed by atoms with Crippen molar-refractivity contribution < 1.29 is 8.83 Å². The van der Waals surface area contributed by atoms with Gasteiger partial charge in [0.15, 0.2) is 11.2 Å². The molecule has 10 rings (SSSR count). The van der Waals surface area contributed by atoms with E-state index in [1.165, 1.54) is 11.1 Å². The second-order valence-electron chi connectivity index (χ2n) is 18.3. The van der Waals surface area contributed by atoms with E-state index < -0.39 is 0 Å². The summed E-state index contributed by atoms with van der Waals surface area (Å²) in [6.45, 7) is 19.6. The number of nitrogens with zero attached hydrogens (tertiary/aromatic N) is 4. The zero-order valence-corrected chi connectivity index (χ0v) is 36.9. The van der Waals surface area contributed by atoms with Gasteiger partial charge in [0.05, 0.1) is 22.7 Å². The highest BCUT2D eigenvalue weighted by Crippen LogP contribution is 2.54. The molecule has 6 heteroatoms. The summed E-state index contributed by atoms with van der Waals surface area (Å²) in [5.74, 6) is 0.493. The maximum absolute atomic E-state index is 6.74. The van der Waals surface area contributed by atoms with Gasteiger partial charge in [0.25, 0.3) is 0 Å². The van der Waals surface area contributed by atoms with Gasteiger partial charge in [-0.25, -0.2) is 9.98 Å². The van der Waals surface area contributed by atoms with Gasteiger partial charge in [0.1, 0.15) is 0 Å². The topological polar surface area (TPSA) is 58.0 Å². The molecular formula is C57H50N4O2. The van der Waals surface area contributed by atoms with Crippen LogP contribution in [0, 0.1) is 0 Å². The molecule has 0 aliphatic rings. The number of aromatic nitrogens is 1. The molecule has 0 amide bonds. The van der Waals surface area contributed by atoms with Crippen LogP contribution in [-0.4, -0.2) is 11.7 Å². The molecule has 0 fully saturated rings. The Hall–Kier alpha value is -7.44. The molecule has 0 aliphatic heterocycles. The largest absolute Gasteiger partial charge is 0.436 e. The van der Waals surface area contributed by atoms with Crippen LogP contribution in [0.1, 0.15) is 65.2 Å². The van der Waals surface area contributed by atoms with Gasteiger partial charge in [-0.2, -0.15) is 0 Å². The Morgan fingerprint density at radius 3 is 1.54 bits per heavy atom. The molecule has 0 saturated carbocycles. The highest BCUT2D eigenvalue weighted by molar-refractivity contribution is 6.25. The number of hydrogen-bond acceptors (Lipinski definition) is 6. The number of furan rings is 2. The summed E-state index contributed by atoms with van der Waals surface area (Å²) in [5, 5.41) is 7.32. The Balaban J connectivity index is 1.42. The van der Waals surface area contributed by atoms with Gasteiger partial charge in [-0.05, 0) is 96.3 Å². The van der Waals surface area contributed by atoms with Crippen LogP contribution >= 0.6 is 0 Å². The number of allylic oxidation sites excluding steroid dienone is 1. The molecule has 63 heavy (non-hydrogen) atoms. The van der Waals surface area contributed by atoms with Crippen LogP contribution in [0.5, 0.6) is 0 Å². The number of rotatable bonds is 8. The molecule has 0 aliphatic carbocycles. The minimum Gasteiger partial charge on any atom is -0.436 e. The molecule has 0 radical (unpaired) electrons. The zero-order chi connectivity index (χ0) is 43.6. The van der Waals surface area contributed by atoms with Crippen LogP contribution < -0.4 is 9.80 Å². The second-order valence-corrected chi connectivity index (χ2v) is 18.3. The summed E-state index contributed by atoms with van der Waals surface area (Å²) < 4.78 is 13.5. The third-order valence-corrected chi connectivity index (χ3v) is 12.2. The maximum atomic E-state index is 6.74. The first-order valence-electron chi connectivity index (χ1n) is 21.6. The SMILES string of the molecule is C=Nc1oc2c(N(c3ccccc3)c3c4cc(C(C)(C)C)ccc4c(N(c4ccccc4)c4cccc5c4oc4ncccc45)c4cc(C(C)(C)C)ccc34)cccc2c1/C=C\C. The van der Waals surface area contributed by atoms with Gasteiger partial charge in [-0.1, -0.05) is 139 Å². The van der Waals surface area contributed by atoms with Crippen LogP contribution in [0.2, 0.25) is 0 Å². The van der Waals surface area contributed by atoms with Crippen LogP contribution in [0.3, 0.4) is 0 Å². The second kappa shape index (κ2) is 15.2. The summed E-state index contributed by atoms with van der Waals surface area (Å²) in [6, 6.07) is 52.2. The Kier molecular flexibility index (Phi) is 9.56. The molecule has 6 nitrogen and oxygen atoms in total. The van der Waals surface area contributed by atoms with Crippen LogP contribution in [-0.2, 0) is 10.8 Å². The fourth-order valence-corrected chi connectivity index (χ4v) is 9.06. The predicted octanol–water partition coefficient (Wildman–Crippen LogP) is 16.9. The molecule has 3 heterocycles. The Morgan fingerprint density at radius 2 is 1.03 bits per heavy atom. The number of benzene rings is 7. The van der Waals surface area contributed by atoms with Crippen molar-refractivity contribution in [2.75, 3.05) is 9.80 Å². The van der Waals surface area contributed by atoms with E-state index in [4.69, 9.17) is 8.83 Å². The minimum absolute atomic E-state index is 0.144. The lowest BCUT2D eigenvalue weighted by Crippen LogP contribution is -2.17. The van der Waals surface area contributed by atoms with Crippen molar-refractivity contribution in [3.63, 3.8) is 0 Å². The van der Waals surface area contributed by atoms with Crippen molar-refractivity contribution in [1.29, 1.82) is 0 Å². The lowest BCUT2D eigenvalue weighted by molar-refractivity contribution is 0.590. The highest BCUT2D eigenvalue weighted by Gasteiger charge is 2.31. The lowest BCUT2D eigenvalue weighted by atomic mass is 9.82. The summed E-state index contributed by atoms with van der Waals surface area (Å²) >= 11 is 0. The van der Waals surface area contributed by atoms with Crippen molar-refractivity contribution in [1.82, 2.24) is 4.98 Å². The molecule has 0 spiro atoms. The van der Waals surface area contributed by atoms with Crippen LogP contribution in [0.25, 0.3) is 60.7 Å². The number of anilines is 6. The number of pyridine rings is 1. The van der Waals surface area contributed by atoms with E-state index in [2.05, 4.69) is 208 Å². The number of hydrogen-bond donors (Lipinski definition) is 0. The summed E-state index contributed by atoms with van der Waals surface area (Å²) in [6.07, 6.45) is 5.85. The van der Waals surface area contributed by atoms with Crippen molar-refractivity contribution >= 4 is 107 Å². The van der Waals surface area contributed by atoms with Crippen molar-refractivity contribution in [3.8, 4) is 0 Å². The van der Waals surface area contributed by atoms with Gasteiger partial charge >= 0.3 is 0 Å². The third kappa shape index (κ3) is 6.65. The lowest BCUT2D eigenvalue weighted by Gasteiger charge is -2.34. The molecule has 0 bridgehead atoms. The van der Waals surface area contributed by atoms with Crippen molar-refractivity contribution in [2.24, 2.45) is 4.99 Å². The monoisotopic (exact) mass is 822 g/mol. The molecule has 10 aromatic rings. The summed E-state index contributed by atoms with van der Waals surface area (Å²) in [7, 11) is 0. The molecule has 0 N–H and O–H groups in total. The predicted molar refractivity (Wildman–Crippen MR) is 267 cm³/mol. The summed E-state index contributed by atoms with van der Waals surface area (Å²) in [4.78, 5) is 13.8. The van der Waals surface area contributed by atoms with E-state index in [-0.39, 0.29) is 10.8 Å². The number of para-hydroxylation sites is 4. The molecule has 3 aromatic heterocycles. The minimum atomic E-state index is -0.146. The first-order valence-corrected chi connectivity index (χ1v) is 21.6. The van der Waals surface area contributed by atoms with Crippen molar-refractivity contribution in [2.45, 2.75) is 59.3 Å².